The third-order valence-electron chi connectivity index (χ3n) is 4.12. The molecule has 0 aliphatic heterocycles. The van der Waals surface area contributed by atoms with Crippen LogP contribution in [0, 0.1) is 0 Å². The summed E-state index contributed by atoms with van der Waals surface area (Å²) in [7, 11) is 2.04. The van der Waals surface area contributed by atoms with Crippen LogP contribution in [0.4, 0.5) is 0 Å². The van der Waals surface area contributed by atoms with Gasteiger partial charge < -0.3 is 9.47 Å². The first-order chi connectivity index (χ1) is 9.43. The third kappa shape index (κ3) is 2.51. The normalized spacial score (nSPS) is 17.0. The average Bonchev–Trinajstić information content (AvgIpc) is 2.43. The van der Waals surface area contributed by atoms with Gasteiger partial charge in [0, 0.05) is 5.56 Å². The van der Waals surface area contributed by atoms with Crippen LogP contribution in [-0.4, -0.2) is 22.3 Å². The van der Waals surface area contributed by atoms with Gasteiger partial charge in [-0.3, -0.25) is 0 Å². The quantitative estimate of drug-likeness (QED) is 0.784. The summed E-state index contributed by atoms with van der Waals surface area (Å²) < 4.78 is 11.5. The zero-order chi connectivity index (χ0) is 14.9. The van der Waals surface area contributed by atoms with Crippen LogP contribution in [-0.2, 0) is 6.42 Å². The molecule has 20 heavy (non-hydrogen) atoms. The van der Waals surface area contributed by atoms with Gasteiger partial charge in [-0.05, 0) is 42.5 Å². The standard InChI is InChI=1S/C17H26O2Si/c1-7-12-9-8-10-13-14(12)11-15(20(4,5)6)17(19-3)16(13)18-2/h7,11H,8-10H2,1-6H3/b12-7+. The molecular formula is C17H26O2Si. The fourth-order valence-corrected chi connectivity index (χ4v) is 4.55. The van der Waals surface area contributed by atoms with Crippen LogP contribution in [0.25, 0.3) is 5.57 Å². The van der Waals surface area contributed by atoms with E-state index in [1.165, 1.54) is 34.7 Å². The van der Waals surface area contributed by atoms with Gasteiger partial charge in [0.15, 0.2) is 11.5 Å². The monoisotopic (exact) mass is 290 g/mol. The van der Waals surface area contributed by atoms with Crippen LogP contribution in [0.15, 0.2) is 12.1 Å². The van der Waals surface area contributed by atoms with Crippen molar-refractivity contribution in [3.05, 3.63) is 23.3 Å². The zero-order valence-electron chi connectivity index (χ0n) is 13.6. The maximum absolute atomic E-state index is 5.73. The lowest BCUT2D eigenvalue weighted by atomic mass is 9.86. The van der Waals surface area contributed by atoms with Gasteiger partial charge >= 0.3 is 0 Å². The van der Waals surface area contributed by atoms with Crippen molar-refractivity contribution in [3.63, 3.8) is 0 Å². The largest absolute Gasteiger partial charge is 0.493 e. The van der Waals surface area contributed by atoms with Crippen molar-refractivity contribution in [2.24, 2.45) is 0 Å². The van der Waals surface area contributed by atoms with Gasteiger partial charge in [0.05, 0.1) is 22.3 Å². The molecule has 2 nitrogen and oxygen atoms in total. The SMILES string of the molecule is C/C=C1\CCCc2c1cc([Si](C)(C)C)c(OC)c2OC. The van der Waals surface area contributed by atoms with Gasteiger partial charge in [-0.15, -0.1) is 0 Å². The number of rotatable bonds is 3. The second-order valence-electron chi connectivity index (χ2n) is 6.43. The summed E-state index contributed by atoms with van der Waals surface area (Å²) in [4.78, 5) is 0. The minimum Gasteiger partial charge on any atom is -0.493 e. The van der Waals surface area contributed by atoms with Gasteiger partial charge in [0.2, 0.25) is 0 Å². The van der Waals surface area contributed by atoms with Crippen LogP contribution < -0.4 is 14.7 Å². The summed E-state index contributed by atoms with van der Waals surface area (Å²) in [6.07, 6.45) is 5.69. The Balaban J connectivity index is 2.79. The second kappa shape index (κ2) is 5.64. The molecule has 1 aromatic carbocycles. The zero-order valence-corrected chi connectivity index (χ0v) is 14.6. The summed E-state index contributed by atoms with van der Waals surface area (Å²) in [5.41, 5.74) is 4.16. The third-order valence-corrected chi connectivity index (χ3v) is 6.11. The van der Waals surface area contributed by atoms with Crippen molar-refractivity contribution in [3.8, 4) is 11.5 Å². The van der Waals surface area contributed by atoms with Gasteiger partial charge in [-0.2, -0.15) is 0 Å². The molecule has 0 saturated carbocycles. The molecule has 0 N–H and O–H groups in total. The number of hydrogen-bond donors (Lipinski definition) is 0. The Hall–Kier alpha value is -1.22. The first-order valence-corrected chi connectivity index (χ1v) is 10.9. The summed E-state index contributed by atoms with van der Waals surface area (Å²) >= 11 is 0. The van der Waals surface area contributed by atoms with E-state index in [0.717, 1.165) is 17.9 Å². The Morgan fingerprint density at radius 1 is 1.05 bits per heavy atom. The molecule has 2 rings (SSSR count). The molecule has 0 aromatic heterocycles. The summed E-state index contributed by atoms with van der Waals surface area (Å²) in [5.74, 6) is 1.92. The summed E-state index contributed by atoms with van der Waals surface area (Å²) in [6, 6.07) is 2.37. The topological polar surface area (TPSA) is 18.5 Å². The molecule has 0 fully saturated rings. The fourth-order valence-electron chi connectivity index (χ4n) is 3.08. The summed E-state index contributed by atoms with van der Waals surface area (Å²) in [5, 5.41) is 1.36. The number of benzene rings is 1. The van der Waals surface area contributed by atoms with E-state index in [1.54, 1.807) is 14.2 Å². The highest BCUT2D eigenvalue weighted by Crippen LogP contribution is 2.41. The van der Waals surface area contributed by atoms with Crippen molar-refractivity contribution < 1.29 is 9.47 Å². The van der Waals surface area contributed by atoms with Crippen LogP contribution in [0.5, 0.6) is 11.5 Å². The molecule has 0 heterocycles. The number of fused-ring (bicyclic) bond motifs is 1. The molecular weight excluding hydrogens is 264 g/mol. The van der Waals surface area contributed by atoms with E-state index in [1.807, 2.05) is 0 Å². The lowest BCUT2D eigenvalue weighted by molar-refractivity contribution is 0.353. The predicted molar refractivity (Wildman–Crippen MR) is 89.1 cm³/mol. The Morgan fingerprint density at radius 2 is 1.70 bits per heavy atom. The molecule has 0 amide bonds. The molecule has 0 unspecified atom stereocenters. The maximum Gasteiger partial charge on any atom is 0.164 e. The van der Waals surface area contributed by atoms with Crippen LogP contribution >= 0.6 is 0 Å². The van der Waals surface area contributed by atoms with E-state index in [-0.39, 0.29) is 0 Å². The van der Waals surface area contributed by atoms with Gasteiger partial charge in [0.25, 0.3) is 0 Å². The lowest BCUT2D eigenvalue weighted by Gasteiger charge is -2.28. The number of ether oxygens (including phenoxy) is 2. The minimum absolute atomic E-state index is 0.960. The minimum atomic E-state index is -1.48. The molecule has 1 aliphatic carbocycles. The lowest BCUT2D eigenvalue weighted by Crippen LogP contribution is -2.39. The first-order valence-electron chi connectivity index (χ1n) is 7.38. The van der Waals surface area contributed by atoms with Crippen molar-refractivity contribution in [1.82, 2.24) is 0 Å². The number of methoxy groups -OCH3 is 2. The Morgan fingerprint density at radius 3 is 2.20 bits per heavy atom. The predicted octanol–water partition coefficient (Wildman–Crippen LogP) is 3.99. The molecule has 0 spiro atoms. The number of allylic oxidation sites excluding steroid dienone is 2. The molecule has 1 aromatic rings. The first kappa shape index (κ1) is 15.2. The maximum atomic E-state index is 5.73. The Bertz CT molecular complexity index is 539. The highest BCUT2D eigenvalue weighted by Gasteiger charge is 2.29. The van der Waals surface area contributed by atoms with Gasteiger partial charge in [-0.1, -0.05) is 31.8 Å². The van der Waals surface area contributed by atoms with E-state index in [2.05, 4.69) is 38.7 Å². The van der Waals surface area contributed by atoms with Crippen molar-refractivity contribution in [2.45, 2.75) is 45.8 Å². The van der Waals surface area contributed by atoms with Crippen LogP contribution in [0.3, 0.4) is 0 Å². The molecule has 0 atom stereocenters. The Kier molecular flexibility index (Phi) is 4.28. The van der Waals surface area contributed by atoms with Crippen LogP contribution in [0.1, 0.15) is 30.9 Å². The fraction of sp³-hybridized carbons (Fsp3) is 0.529. The average molecular weight is 290 g/mol. The smallest absolute Gasteiger partial charge is 0.164 e. The highest BCUT2D eigenvalue weighted by atomic mass is 28.3. The Labute approximate surface area is 123 Å². The number of hydrogen-bond acceptors (Lipinski definition) is 2. The molecule has 3 heteroatoms. The van der Waals surface area contributed by atoms with Crippen LogP contribution in [0.2, 0.25) is 19.6 Å². The second-order valence-corrected chi connectivity index (χ2v) is 11.5. The molecule has 110 valence electrons. The van der Waals surface area contributed by atoms with E-state index >= 15 is 0 Å². The van der Waals surface area contributed by atoms with Crippen molar-refractivity contribution in [1.29, 1.82) is 0 Å². The highest BCUT2D eigenvalue weighted by molar-refractivity contribution is 6.89. The molecule has 0 radical (unpaired) electrons. The summed E-state index contributed by atoms with van der Waals surface area (Å²) in [6.45, 7) is 9.20. The van der Waals surface area contributed by atoms with E-state index < -0.39 is 8.07 Å². The molecule has 0 bridgehead atoms. The van der Waals surface area contributed by atoms with E-state index in [4.69, 9.17) is 9.47 Å². The van der Waals surface area contributed by atoms with Crippen molar-refractivity contribution in [2.75, 3.05) is 14.2 Å². The molecule has 0 saturated heterocycles. The van der Waals surface area contributed by atoms with E-state index in [0.29, 0.717) is 0 Å². The van der Waals surface area contributed by atoms with Gasteiger partial charge in [0.1, 0.15) is 0 Å². The molecule has 1 aliphatic rings. The van der Waals surface area contributed by atoms with Crippen molar-refractivity contribution >= 4 is 18.8 Å². The van der Waals surface area contributed by atoms with Gasteiger partial charge in [-0.25, -0.2) is 0 Å². The van der Waals surface area contributed by atoms with E-state index in [9.17, 15) is 0 Å².